The van der Waals surface area contributed by atoms with Gasteiger partial charge in [0, 0.05) is 11.0 Å². The van der Waals surface area contributed by atoms with Crippen LogP contribution in [0.4, 0.5) is 4.79 Å². The first kappa shape index (κ1) is 9.77. The van der Waals surface area contributed by atoms with Crippen molar-refractivity contribution >= 4 is 22.0 Å². The molecule has 1 fully saturated rings. The van der Waals surface area contributed by atoms with Crippen LogP contribution in [0, 0.1) is 0 Å². The van der Waals surface area contributed by atoms with Gasteiger partial charge in [0.15, 0.2) is 11.5 Å². The summed E-state index contributed by atoms with van der Waals surface area (Å²) in [4.78, 5) is 11.1. The molecule has 84 valence electrons. The Morgan fingerprint density at radius 2 is 2.06 bits per heavy atom. The van der Waals surface area contributed by atoms with E-state index in [4.69, 9.17) is 9.47 Å². The van der Waals surface area contributed by atoms with Crippen molar-refractivity contribution in [2.24, 2.45) is 0 Å². The number of urea groups is 1. The molecule has 0 spiro atoms. The highest BCUT2D eigenvalue weighted by Crippen LogP contribution is 2.39. The maximum Gasteiger partial charge on any atom is 0.315 e. The predicted octanol–water partition coefficient (Wildman–Crippen LogP) is 1.53. The van der Waals surface area contributed by atoms with Crippen molar-refractivity contribution in [2.75, 3.05) is 13.3 Å². The highest BCUT2D eigenvalue weighted by Gasteiger charge is 2.26. The number of hydrogen-bond acceptors (Lipinski definition) is 3. The summed E-state index contributed by atoms with van der Waals surface area (Å²) in [6.45, 7) is 0.831. The van der Waals surface area contributed by atoms with Crippen LogP contribution in [-0.2, 0) is 0 Å². The first-order chi connectivity index (χ1) is 7.74. The van der Waals surface area contributed by atoms with Crippen LogP contribution in [0.1, 0.15) is 11.6 Å². The molecule has 2 N–H and O–H groups in total. The zero-order valence-corrected chi connectivity index (χ0v) is 9.83. The third-order valence-corrected chi connectivity index (χ3v) is 3.33. The van der Waals surface area contributed by atoms with Gasteiger partial charge < -0.3 is 20.1 Å². The summed E-state index contributed by atoms with van der Waals surface area (Å²) in [5.74, 6) is 1.45. The van der Waals surface area contributed by atoms with Crippen molar-refractivity contribution in [3.8, 4) is 11.5 Å². The van der Waals surface area contributed by atoms with E-state index in [1.807, 2.05) is 12.1 Å². The molecule has 2 aliphatic rings. The molecule has 0 saturated carbocycles. The van der Waals surface area contributed by atoms with E-state index in [0.29, 0.717) is 6.54 Å². The van der Waals surface area contributed by atoms with E-state index in [1.54, 1.807) is 0 Å². The van der Waals surface area contributed by atoms with Crippen LogP contribution in [0.2, 0.25) is 0 Å². The normalized spacial score (nSPS) is 21.8. The second-order valence-electron chi connectivity index (χ2n) is 3.63. The van der Waals surface area contributed by atoms with Crippen LogP contribution >= 0.6 is 15.9 Å². The molecule has 2 amide bonds. The number of hydrogen-bond donors (Lipinski definition) is 2. The van der Waals surface area contributed by atoms with Crippen molar-refractivity contribution in [1.29, 1.82) is 0 Å². The van der Waals surface area contributed by atoms with Crippen LogP contribution in [0.15, 0.2) is 16.6 Å². The molecule has 1 aromatic rings. The number of amides is 2. The zero-order chi connectivity index (χ0) is 11.1. The molecule has 0 unspecified atom stereocenters. The molecule has 3 rings (SSSR count). The number of rotatable bonds is 1. The largest absolute Gasteiger partial charge is 0.454 e. The number of carbonyl (C=O) groups is 1. The van der Waals surface area contributed by atoms with Crippen molar-refractivity contribution in [2.45, 2.75) is 6.04 Å². The Kier molecular flexibility index (Phi) is 2.17. The van der Waals surface area contributed by atoms with E-state index >= 15 is 0 Å². The van der Waals surface area contributed by atoms with Gasteiger partial charge >= 0.3 is 6.03 Å². The second-order valence-corrected chi connectivity index (χ2v) is 4.49. The second kappa shape index (κ2) is 3.55. The van der Waals surface area contributed by atoms with Crippen molar-refractivity contribution < 1.29 is 14.3 Å². The molecular weight excluding hydrogens is 276 g/mol. The number of fused-ring (bicyclic) bond motifs is 1. The summed E-state index contributed by atoms with van der Waals surface area (Å²) in [5.41, 5.74) is 0.989. The molecule has 0 aliphatic carbocycles. The topological polar surface area (TPSA) is 59.6 Å². The number of carbonyl (C=O) groups excluding carboxylic acids is 1. The van der Waals surface area contributed by atoms with Gasteiger partial charge in [-0.05, 0) is 17.7 Å². The summed E-state index contributed by atoms with van der Waals surface area (Å²) < 4.78 is 11.5. The molecule has 16 heavy (non-hydrogen) atoms. The van der Waals surface area contributed by atoms with Gasteiger partial charge in [-0.2, -0.15) is 0 Å². The molecule has 6 heteroatoms. The standard InChI is InChI=1S/C10H9BrN2O3/c11-6-2-9-8(15-4-16-9)1-5(6)7-3-12-10(14)13-7/h1-2,7H,3-4H2,(H2,12,13,14)/t7-/m1/s1. The van der Waals surface area contributed by atoms with E-state index in [0.717, 1.165) is 21.5 Å². The van der Waals surface area contributed by atoms with Crippen LogP contribution in [-0.4, -0.2) is 19.4 Å². The quantitative estimate of drug-likeness (QED) is 0.822. The lowest BCUT2D eigenvalue weighted by Crippen LogP contribution is -2.21. The van der Waals surface area contributed by atoms with E-state index in [1.165, 1.54) is 0 Å². The van der Waals surface area contributed by atoms with E-state index in [9.17, 15) is 4.79 Å². The minimum absolute atomic E-state index is 0.0311. The van der Waals surface area contributed by atoms with Crippen molar-refractivity contribution in [1.82, 2.24) is 10.6 Å². The van der Waals surface area contributed by atoms with Gasteiger partial charge in [-0.15, -0.1) is 0 Å². The Hall–Kier alpha value is -1.43. The fraction of sp³-hybridized carbons (Fsp3) is 0.300. The smallest absolute Gasteiger partial charge is 0.315 e. The first-order valence-electron chi connectivity index (χ1n) is 4.87. The maximum atomic E-state index is 11.1. The lowest BCUT2D eigenvalue weighted by atomic mass is 10.1. The summed E-state index contributed by atoms with van der Waals surface area (Å²) in [6, 6.07) is 3.58. The fourth-order valence-corrected chi connectivity index (χ4v) is 2.44. The number of halogens is 1. The first-order valence-corrected chi connectivity index (χ1v) is 5.67. The average molecular weight is 285 g/mol. The van der Waals surface area contributed by atoms with Gasteiger partial charge in [0.2, 0.25) is 6.79 Å². The third-order valence-electron chi connectivity index (χ3n) is 2.64. The van der Waals surface area contributed by atoms with Gasteiger partial charge in [-0.3, -0.25) is 0 Å². The molecular formula is C10H9BrN2O3. The molecule has 2 aliphatic heterocycles. The lowest BCUT2D eigenvalue weighted by Gasteiger charge is -2.12. The van der Waals surface area contributed by atoms with Crippen molar-refractivity contribution in [3.63, 3.8) is 0 Å². The Balaban J connectivity index is 1.98. The highest BCUT2D eigenvalue weighted by atomic mass is 79.9. The summed E-state index contributed by atoms with van der Waals surface area (Å²) in [7, 11) is 0. The van der Waals surface area contributed by atoms with Crippen LogP contribution in [0.25, 0.3) is 0 Å². The number of ether oxygens (including phenoxy) is 2. The highest BCUT2D eigenvalue weighted by molar-refractivity contribution is 9.10. The number of benzene rings is 1. The van der Waals surface area contributed by atoms with Crippen molar-refractivity contribution in [3.05, 3.63) is 22.2 Å². The van der Waals surface area contributed by atoms with Gasteiger partial charge in [0.25, 0.3) is 0 Å². The monoisotopic (exact) mass is 284 g/mol. The molecule has 1 atom stereocenters. The summed E-state index contributed by atoms with van der Waals surface area (Å²) in [6.07, 6.45) is 0. The Morgan fingerprint density at radius 3 is 2.75 bits per heavy atom. The fourth-order valence-electron chi connectivity index (χ4n) is 1.84. The summed E-state index contributed by atoms with van der Waals surface area (Å²) in [5, 5.41) is 5.55. The zero-order valence-electron chi connectivity index (χ0n) is 8.25. The lowest BCUT2D eigenvalue weighted by molar-refractivity contribution is 0.174. The molecule has 0 aromatic heterocycles. The minimum atomic E-state index is -0.144. The molecule has 1 saturated heterocycles. The predicted molar refractivity (Wildman–Crippen MR) is 59.5 cm³/mol. The SMILES string of the molecule is O=C1NC[C@H](c2cc3c(cc2Br)OCO3)N1. The Bertz CT molecular complexity index is 464. The third kappa shape index (κ3) is 1.49. The van der Waals surface area contributed by atoms with Gasteiger partial charge in [0.05, 0.1) is 6.04 Å². The van der Waals surface area contributed by atoms with Gasteiger partial charge in [-0.1, -0.05) is 15.9 Å². The molecule has 0 radical (unpaired) electrons. The molecule has 5 nitrogen and oxygen atoms in total. The molecule has 1 aromatic carbocycles. The van der Waals surface area contributed by atoms with Crippen LogP contribution in [0.3, 0.4) is 0 Å². The van der Waals surface area contributed by atoms with E-state index in [2.05, 4.69) is 26.6 Å². The minimum Gasteiger partial charge on any atom is -0.454 e. The van der Waals surface area contributed by atoms with Crippen LogP contribution in [0.5, 0.6) is 11.5 Å². The Labute approximate surface area is 100 Å². The number of nitrogens with one attached hydrogen (secondary N) is 2. The molecule has 0 bridgehead atoms. The van der Waals surface area contributed by atoms with Crippen LogP contribution < -0.4 is 20.1 Å². The van der Waals surface area contributed by atoms with E-state index in [-0.39, 0.29) is 18.9 Å². The molecule has 2 heterocycles. The van der Waals surface area contributed by atoms with Gasteiger partial charge in [0.1, 0.15) is 0 Å². The van der Waals surface area contributed by atoms with E-state index < -0.39 is 0 Å². The maximum absolute atomic E-state index is 11.1. The summed E-state index contributed by atoms with van der Waals surface area (Å²) >= 11 is 3.47. The Morgan fingerprint density at radius 1 is 1.31 bits per heavy atom. The van der Waals surface area contributed by atoms with Gasteiger partial charge in [-0.25, -0.2) is 4.79 Å². The average Bonchev–Trinajstić information content (AvgIpc) is 2.84.